The second-order valence-electron chi connectivity index (χ2n) is 4.86. The first-order chi connectivity index (χ1) is 9.42. The number of aliphatic hydroxyl groups is 1. The number of thiophene rings is 1. The van der Waals surface area contributed by atoms with Gasteiger partial charge in [0.05, 0.1) is 5.56 Å². The molecule has 0 bridgehead atoms. The first-order valence-electron chi connectivity index (χ1n) is 6.20. The lowest BCUT2D eigenvalue weighted by Crippen LogP contribution is -2.30. The van der Waals surface area contributed by atoms with E-state index in [9.17, 15) is 14.3 Å². The zero-order valence-corrected chi connectivity index (χ0v) is 12.1. The maximum Gasteiger partial charge on any atom is 0.164 e. The molecule has 0 saturated heterocycles. The molecule has 0 aliphatic heterocycles. The molecule has 0 aliphatic rings. The van der Waals surface area contributed by atoms with Crippen LogP contribution in [0.4, 0.5) is 10.1 Å². The highest BCUT2D eigenvalue weighted by Crippen LogP contribution is 2.25. The van der Waals surface area contributed by atoms with E-state index in [-0.39, 0.29) is 17.9 Å². The summed E-state index contributed by atoms with van der Waals surface area (Å²) >= 11 is 1.50. The molecule has 0 fully saturated rings. The van der Waals surface area contributed by atoms with Gasteiger partial charge in [-0.15, -0.1) is 0 Å². The minimum Gasteiger partial charge on any atom is -0.384 e. The van der Waals surface area contributed by atoms with Crippen LogP contribution in [0.15, 0.2) is 35.0 Å². The Kier molecular flexibility index (Phi) is 4.20. The molecule has 5 heteroatoms. The lowest BCUT2D eigenvalue weighted by molar-refractivity contribution is 0.0719. The SMILES string of the molecule is CC(=O)c1c(F)cccc1NC[C@@](C)(O)c1ccsc1. The Bertz CT molecular complexity index is 608. The normalized spacial score (nSPS) is 13.8. The molecule has 2 N–H and O–H groups in total. The van der Waals surface area contributed by atoms with Gasteiger partial charge in [0, 0.05) is 12.2 Å². The van der Waals surface area contributed by atoms with Gasteiger partial charge in [0.1, 0.15) is 11.4 Å². The third-order valence-electron chi connectivity index (χ3n) is 3.13. The van der Waals surface area contributed by atoms with Crippen LogP contribution in [0, 0.1) is 5.82 Å². The lowest BCUT2D eigenvalue weighted by atomic mass is 9.99. The first kappa shape index (κ1) is 14.7. The third kappa shape index (κ3) is 3.05. The maximum atomic E-state index is 13.7. The summed E-state index contributed by atoms with van der Waals surface area (Å²) < 4.78 is 13.7. The van der Waals surface area contributed by atoms with Crippen LogP contribution in [0.2, 0.25) is 0 Å². The number of carbonyl (C=O) groups excluding carboxylic acids is 1. The van der Waals surface area contributed by atoms with Crippen molar-refractivity contribution in [3.8, 4) is 0 Å². The first-order valence-corrected chi connectivity index (χ1v) is 7.14. The number of halogens is 1. The summed E-state index contributed by atoms with van der Waals surface area (Å²) in [5.74, 6) is -0.904. The molecule has 1 atom stereocenters. The maximum absolute atomic E-state index is 13.7. The lowest BCUT2D eigenvalue weighted by Gasteiger charge is -2.24. The Morgan fingerprint density at radius 2 is 2.20 bits per heavy atom. The number of carbonyl (C=O) groups is 1. The van der Waals surface area contributed by atoms with Gasteiger partial charge in [0.25, 0.3) is 0 Å². The smallest absolute Gasteiger partial charge is 0.164 e. The van der Waals surface area contributed by atoms with E-state index in [1.807, 2.05) is 16.8 Å². The van der Waals surface area contributed by atoms with Crippen molar-refractivity contribution >= 4 is 22.8 Å². The quantitative estimate of drug-likeness (QED) is 0.831. The summed E-state index contributed by atoms with van der Waals surface area (Å²) in [5.41, 5.74) is 0.123. The molecule has 1 aromatic heterocycles. The fourth-order valence-corrected chi connectivity index (χ4v) is 2.75. The molecular formula is C15H16FNO2S. The zero-order valence-electron chi connectivity index (χ0n) is 11.3. The Balaban J connectivity index is 2.20. The van der Waals surface area contributed by atoms with Crippen molar-refractivity contribution in [1.82, 2.24) is 0 Å². The molecule has 20 heavy (non-hydrogen) atoms. The summed E-state index contributed by atoms with van der Waals surface area (Å²) in [5, 5.41) is 17.1. The van der Waals surface area contributed by atoms with Crippen molar-refractivity contribution in [1.29, 1.82) is 0 Å². The Labute approximate surface area is 121 Å². The van der Waals surface area contributed by atoms with Crippen LogP contribution >= 0.6 is 11.3 Å². The van der Waals surface area contributed by atoms with E-state index in [0.29, 0.717) is 5.69 Å². The number of hydrogen-bond donors (Lipinski definition) is 2. The van der Waals surface area contributed by atoms with Gasteiger partial charge in [0.15, 0.2) is 5.78 Å². The van der Waals surface area contributed by atoms with Crippen LogP contribution < -0.4 is 5.32 Å². The van der Waals surface area contributed by atoms with E-state index in [0.717, 1.165) is 5.56 Å². The Morgan fingerprint density at radius 3 is 2.80 bits per heavy atom. The molecular weight excluding hydrogens is 277 g/mol. The molecule has 106 valence electrons. The predicted octanol–water partition coefficient (Wildman–Crippen LogP) is 3.41. The predicted molar refractivity (Wildman–Crippen MR) is 78.8 cm³/mol. The van der Waals surface area contributed by atoms with Gasteiger partial charge >= 0.3 is 0 Å². The molecule has 0 amide bonds. The number of nitrogens with one attached hydrogen (secondary N) is 1. The summed E-state index contributed by atoms with van der Waals surface area (Å²) in [6.07, 6.45) is 0. The van der Waals surface area contributed by atoms with Crippen molar-refractivity contribution in [3.05, 3.63) is 52.0 Å². The van der Waals surface area contributed by atoms with Crippen molar-refractivity contribution < 1.29 is 14.3 Å². The van der Waals surface area contributed by atoms with E-state index >= 15 is 0 Å². The summed E-state index contributed by atoms with van der Waals surface area (Å²) in [4.78, 5) is 11.5. The van der Waals surface area contributed by atoms with Gasteiger partial charge in [-0.05, 0) is 48.4 Å². The van der Waals surface area contributed by atoms with Gasteiger partial charge in [-0.25, -0.2) is 4.39 Å². The zero-order chi connectivity index (χ0) is 14.8. The van der Waals surface area contributed by atoms with Gasteiger partial charge in [-0.3, -0.25) is 4.79 Å². The van der Waals surface area contributed by atoms with Crippen LogP contribution in [0.25, 0.3) is 0 Å². The highest BCUT2D eigenvalue weighted by molar-refractivity contribution is 7.08. The molecule has 0 aliphatic carbocycles. The molecule has 0 saturated carbocycles. The fourth-order valence-electron chi connectivity index (χ4n) is 1.97. The van der Waals surface area contributed by atoms with E-state index < -0.39 is 11.4 Å². The monoisotopic (exact) mass is 293 g/mol. The van der Waals surface area contributed by atoms with E-state index in [1.54, 1.807) is 13.0 Å². The summed E-state index contributed by atoms with van der Waals surface area (Å²) in [6, 6.07) is 6.25. The topological polar surface area (TPSA) is 49.3 Å². The largest absolute Gasteiger partial charge is 0.384 e. The number of anilines is 1. The van der Waals surface area contributed by atoms with Crippen LogP contribution in [-0.2, 0) is 5.60 Å². The highest BCUT2D eigenvalue weighted by atomic mass is 32.1. The number of benzene rings is 1. The number of hydrogen-bond acceptors (Lipinski definition) is 4. The second-order valence-corrected chi connectivity index (χ2v) is 5.64. The Hall–Kier alpha value is -1.72. The van der Waals surface area contributed by atoms with Crippen molar-refractivity contribution in [2.75, 3.05) is 11.9 Å². The molecule has 2 rings (SSSR count). The molecule has 3 nitrogen and oxygen atoms in total. The molecule has 1 aromatic carbocycles. The van der Waals surface area contributed by atoms with Crippen molar-refractivity contribution in [2.45, 2.75) is 19.4 Å². The van der Waals surface area contributed by atoms with E-state index in [1.165, 1.54) is 30.4 Å². The molecule has 2 aromatic rings. The standard InChI is InChI=1S/C15H16FNO2S/c1-10(18)14-12(16)4-3-5-13(14)17-9-15(2,19)11-6-7-20-8-11/h3-8,17,19H,9H2,1-2H3/t15-/m1/s1. The fraction of sp³-hybridized carbons (Fsp3) is 0.267. The average molecular weight is 293 g/mol. The number of ketones is 1. The van der Waals surface area contributed by atoms with Gasteiger partial charge in [0.2, 0.25) is 0 Å². The van der Waals surface area contributed by atoms with Crippen LogP contribution in [0.3, 0.4) is 0 Å². The van der Waals surface area contributed by atoms with Crippen LogP contribution in [0.1, 0.15) is 29.8 Å². The van der Waals surface area contributed by atoms with Crippen LogP contribution in [-0.4, -0.2) is 17.4 Å². The van der Waals surface area contributed by atoms with E-state index in [4.69, 9.17) is 0 Å². The Morgan fingerprint density at radius 1 is 1.45 bits per heavy atom. The third-order valence-corrected chi connectivity index (χ3v) is 3.82. The minimum atomic E-state index is -1.08. The number of rotatable bonds is 5. The molecule has 0 radical (unpaired) electrons. The highest BCUT2D eigenvalue weighted by Gasteiger charge is 2.24. The van der Waals surface area contributed by atoms with Crippen molar-refractivity contribution in [3.63, 3.8) is 0 Å². The van der Waals surface area contributed by atoms with Gasteiger partial charge < -0.3 is 10.4 Å². The minimum absolute atomic E-state index is 0.0219. The van der Waals surface area contributed by atoms with Crippen LogP contribution in [0.5, 0.6) is 0 Å². The average Bonchev–Trinajstić information content (AvgIpc) is 2.90. The van der Waals surface area contributed by atoms with Gasteiger partial charge in [-0.1, -0.05) is 6.07 Å². The summed E-state index contributed by atoms with van der Waals surface area (Å²) in [6.45, 7) is 3.18. The molecule has 0 unspecified atom stereocenters. The van der Waals surface area contributed by atoms with Gasteiger partial charge in [-0.2, -0.15) is 11.3 Å². The molecule has 0 spiro atoms. The van der Waals surface area contributed by atoms with Crippen molar-refractivity contribution in [2.24, 2.45) is 0 Å². The van der Waals surface area contributed by atoms with E-state index in [2.05, 4.69) is 5.32 Å². The second kappa shape index (κ2) is 5.73. The number of Topliss-reactive ketones (excluding diaryl/α,β-unsaturated/α-hetero) is 1. The summed E-state index contributed by atoms with van der Waals surface area (Å²) in [7, 11) is 0. The molecule has 1 heterocycles.